The molecule has 5 nitrogen and oxygen atoms in total. The van der Waals surface area contributed by atoms with Crippen LogP contribution in [0.1, 0.15) is 0 Å². The first-order valence-corrected chi connectivity index (χ1v) is 17.9. The lowest BCUT2D eigenvalue weighted by molar-refractivity contribution is 0.620. The fraction of sp³-hybridized carbons (Fsp3) is 0. The summed E-state index contributed by atoms with van der Waals surface area (Å²) < 4.78 is 8.50. The van der Waals surface area contributed by atoms with Gasteiger partial charge in [-0.15, -0.1) is 11.3 Å². The maximum Gasteiger partial charge on any atom is 0.227 e. The average molecular weight is 685 g/mol. The Balaban J connectivity index is 1.15. The Morgan fingerprint density at radius 2 is 0.981 bits per heavy atom. The second-order valence-corrected chi connectivity index (χ2v) is 13.8. The van der Waals surface area contributed by atoms with Gasteiger partial charge in [0.25, 0.3) is 0 Å². The number of benzene rings is 7. The number of thiophene rings is 1. The highest BCUT2D eigenvalue weighted by Gasteiger charge is 2.19. The lowest BCUT2D eigenvalue weighted by Gasteiger charge is -2.11. The quantitative estimate of drug-likeness (QED) is 0.174. The third-order valence-electron chi connectivity index (χ3n) is 9.39. The van der Waals surface area contributed by atoms with E-state index in [-0.39, 0.29) is 0 Å². The minimum absolute atomic E-state index is 0.599. The van der Waals surface area contributed by atoms with E-state index in [1.54, 1.807) is 11.3 Å². The zero-order chi connectivity index (χ0) is 34.4. The van der Waals surface area contributed by atoms with Gasteiger partial charge in [0.05, 0.1) is 0 Å². The zero-order valence-electron chi connectivity index (χ0n) is 27.8. The highest BCUT2D eigenvalue weighted by Crippen LogP contribution is 2.41. The highest BCUT2D eigenvalue weighted by molar-refractivity contribution is 7.26. The van der Waals surface area contributed by atoms with Gasteiger partial charge < -0.3 is 4.42 Å². The standard InChI is InChI=1S/C46H28N4OS/c1-3-11-29(12-4-1)31-21-23-32(24-22-31)43-48-44(34-16-9-15-33(27-34)30-13-5-2-6-14-30)50-45(49-43)36-17-10-20-41-42(36)37-28-35(25-26-40(37)52-41)46-47-38-18-7-8-19-39(38)51-46/h1-28H. The zero-order valence-corrected chi connectivity index (χ0v) is 28.6. The van der Waals surface area contributed by atoms with Crippen molar-refractivity contribution in [2.75, 3.05) is 0 Å². The molecule has 3 heterocycles. The van der Waals surface area contributed by atoms with Gasteiger partial charge in [-0.1, -0.05) is 127 Å². The fourth-order valence-corrected chi connectivity index (χ4v) is 7.92. The molecule has 52 heavy (non-hydrogen) atoms. The molecule has 0 unspecified atom stereocenters. The van der Waals surface area contributed by atoms with E-state index in [9.17, 15) is 0 Å². The van der Waals surface area contributed by atoms with Crippen molar-refractivity contribution in [2.45, 2.75) is 0 Å². The normalized spacial score (nSPS) is 11.5. The Labute approximate surface area is 303 Å². The summed E-state index contributed by atoms with van der Waals surface area (Å²) in [5.41, 5.74) is 9.87. The molecule has 3 aromatic heterocycles. The monoisotopic (exact) mass is 684 g/mol. The summed E-state index contributed by atoms with van der Waals surface area (Å²) in [5, 5.41) is 2.21. The first-order chi connectivity index (χ1) is 25.7. The van der Waals surface area contributed by atoms with Crippen molar-refractivity contribution < 1.29 is 4.42 Å². The molecule has 244 valence electrons. The first-order valence-electron chi connectivity index (χ1n) is 17.1. The summed E-state index contributed by atoms with van der Waals surface area (Å²) in [7, 11) is 0. The predicted molar refractivity (Wildman–Crippen MR) is 213 cm³/mol. The van der Waals surface area contributed by atoms with Crippen LogP contribution in [0.2, 0.25) is 0 Å². The predicted octanol–water partition coefficient (Wildman–Crippen LogP) is 12.4. The maximum atomic E-state index is 6.17. The molecule has 7 aromatic carbocycles. The summed E-state index contributed by atoms with van der Waals surface area (Å²) in [5.74, 6) is 2.46. The van der Waals surface area contributed by atoms with Crippen molar-refractivity contribution in [3.05, 3.63) is 170 Å². The Morgan fingerprint density at radius 3 is 1.77 bits per heavy atom. The second-order valence-electron chi connectivity index (χ2n) is 12.7. The van der Waals surface area contributed by atoms with Crippen molar-refractivity contribution in [2.24, 2.45) is 0 Å². The molecule has 0 aliphatic carbocycles. The molecule has 0 saturated carbocycles. The molecule has 0 amide bonds. The molecule has 0 aliphatic rings. The molecule has 10 aromatic rings. The van der Waals surface area contributed by atoms with Gasteiger partial charge in [0, 0.05) is 42.4 Å². The third kappa shape index (κ3) is 5.43. The third-order valence-corrected chi connectivity index (χ3v) is 10.5. The van der Waals surface area contributed by atoms with Crippen LogP contribution in [0.15, 0.2) is 174 Å². The van der Waals surface area contributed by atoms with Crippen molar-refractivity contribution >= 4 is 42.6 Å². The van der Waals surface area contributed by atoms with E-state index in [0.717, 1.165) is 71.1 Å². The van der Waals surface area contributed by atoms with Crippen molar-refractivity contribution in [3.8, 4) is 67.9 Å². The van der Waals surface area contributed by atoms with Crippen LogP contribution in [0.4, 0.5) is 0 Å². The van der Waals surface area contributed by atoms with Gasteiger partial charge in [-0.2, -0.15) is 0 Å². The molecule has 0 fully saturated rings. The van der Waals surface area contributed by atoms with Crippen LogP contribution in [0, 0.1) is 0 Å². The van der Waals surface area contributed by atoms with Crippen LogP contribution in [-0.2, 0) is 0 Å². The summed E-state index contributed by atoms with van der Waals surface area (Å²) >= 11 is 1.76. The van der Waals surface area contributed by atoms with E-state index in [0.29, 0.717) is 23.4 Å². The van der Waals surface area contributed by atoms with Gasteiger partial charge >= 0.3 is 0 Å². The Bertz CT molecular complexity index is 2860. The van der Waals surface area contributed by atoms with Crippen molar-refractivity contribution in [1.82, 2.24) is 19.9 Å². The molecular weight excluding hydrogens is 657 g/mol. The van der Waals surface area contributed by atoms with Crippen molar-refractivity contribution in [3.63, 3.8) is 0 Å². The van der Waals surface area contributed by atoms with Gasteiger partial charge in [-0.3, -0.25) is 0 Å². The van der Waals surface area contributed by atoms with E-state index in [1.165, 1.54) is 4.70 Å². The minimum atomic E-state index is 0.599. The number of rotatable bonds is 6. The summed E-state index contributed by atoms with van der Waals surface area (Å²) in [6.07, 6.45) is 0. The lowest BCUT2D eigenvalue weighted by atomic mass is 10.0. The van der Waals surface area contributed by atoms with Crippen molar-refractivity contribution in [1.29, 1.82) is 0 Å². The maximum absolute atomic E-state index is 6.17. The van der Waals surface area contributed by atoms with Crippen LogP contribution in [0.3, 0.4) is 0 Å². The van der Waals surface area contributed by atoms with E-state index in [1.807, 2.05) is 36.4 Å². The van der Waals surface area contributed by atoms with Gasteiger partial charge in [0.15, 0.2) is 23.1 Å². The van der Waals surface area contributed by atoms with Gasteiger partial charge in [-0.25, -0.2) is 19.9 Å². The van der Waals surface area contributed by atoms with Crippen LogP contribution >= 0.6 is 11.3 Å². The highest BCUT2D eigenvalue weighted by atomic mass is 32.1. The average Bonchev–Trinajstić information content (AvgIpc) is 3.83. The Morgan fingerprint density at radius 1 is 0.385 bits per heavy atom. The van der Waals surface area contributed by atoms with E-state index in [2.05, 4.69) is 133 Å². The molecule has 0 spiro atoms. The SMILES string of the molecule is c1ccc(-c2ccc(-c3nc(-c4cccc(-c5ccccc5)c4)nc(-c4cccc5sc6ccc(-c7nc8ccccc8o7)cc6c45)n3)cc2)cc1. The number of aromatic nitrogens is 4. The summed E-state index contributed by atoms with van der Waals surface area (Å²) in [6.45, 7) is 0. The number of hydrogen-bond donors (Lipinski definition) is 0. The van der Waals surface area contributed by atoms with Crippen LogP contribution in [0.25, 0.3) is 99.1 Å². The number of hydrogen-bond acceptors (Lipinski definition) is 6. The molecule has 0 saturated heterocycles. The van der Waals surface area contributed by atoms with E-state index < -0.39 is 0 Å². The number of para-hydroxylation sites is 2. The Kier molecular flexibility index (Phi) is 7.25. The number of oxazole rings is 1. The van der Waals surface area contributed by atoms with E-state index in [4.69, 9.17) is 24.4 Å². The number of nitrogens with zero attached hydrogens (tertiary/aromatic N) is 4. The molecule has 10 rings (SSSR count). The molecule has 0 radical (unpaired) electrons. The minimum Gasteiger partial charge on any atom is -0.436 e. The van der Waals surface area contributed by atoms with Crippen LogP contribution in [-0.4, -0.2) is 19.9 Å². The largest absolute Gasteiger partial charge is 0.436 e. The lowest BCUT2D eigenvalue weighted by Crippen LogP contribution is -2.00. The molecule has 0 bridgehead atoms. The van der Waals surface area contributed by atoms with Crippen LogP contribution < -0.4 is 0 Å². The Hall–Kier alpha value is -6.76. The van der Waals surface area contributed by atoms with Gasteiger partial charge in [0.1, 0.15) is 5.52 Å². The van der Waals surface area contributed by atoms with Gasteiger partial charge in [-0.05, 0) is 64.7 Å². The molecule has 6 heteroatoms. The van der Waals surface area contributed by atoms with E-state index >= 15 is 0 Å². The topological polar surface area (TPSA) is 64.7 Å². The summed E-state index contributed by atoms with van der Waals surface area (Å²) in [4.78, 5) is 20.3. The fourth-order valence-electron chi connectivity index (χ4n) is 6.81. The van der Waals surface area contributed by atoms with Gasteiger partial charge in [0.2, 0.25) is 5.89 Å². The second kappa shape index (κ2) is 12.5. The first kappa shape index (κ1) is 30.1. The number of fused-ring (bicyclic) bond motifs is 4. The molecule has 0 aliphatic heterocycles. The molecular formula is C46H28N4OS. The smallest absolute Gasteiger partial charge is 0.227 e. The summed E-state index contributed by atoms with van der Waals surface area (Å²) in [6, 6.07) is 58.3. The van der Waals surface area contributed by atoms with Crippen LogP contribution in [0.5, 0.6) is 0 Å². The molecule has 0 N–H and O–H groups in total. The molecule has 0 atom stereocenters.